The molecular formula is C14H16O7. The number of carbonyl (C=O) groups is 2. The minimum Gasteiger partial charge on any atom is -0.502 e. The van der Waals surface area contributed by atoms with Gasteiger partial charge in [-0.25, -0.2) is 9.59 Å². The Hall–Kier alpha value is -2.54. The highest BCUT2D eigenvalue weighted by Crippen LogP contribution is 2.37. The van der Waals surface area contributed by atoms with E-state index < -0.39 is 18.0 Å². The normalized spacial score (nSPS) is 12.0. The van der Waals surface area contributed by atoms with Gasteiger partial charge in [0, 0.05) is 6.08 Å². The van der Waals surface area contributed by atoms with Crippen LogP contribution in [-0.2, 0) is 14.3 Å². The molecule has 1 unspecified atom stereocenters. The molecule has 1 aromatic rings. The standard InChI is InChI=1S/C14H16O7/c1-8(15)14(18)21-12(16)5-4-9-6-10(19-2)13(17)11(7-9)20-3/h4-8,15,17H,1-3H3/b5-4+. The van der Waals surface area contributed by atoms with Crippen LogP contribution in [-0.4, -0.2) is 42.5 Å². The van der Waals surface area contributed by atoms with Gasteiger partial charge in [-0.2, -0.15) is 0 Å². The van der Waals surface area contributed by atoms with Crippen molar-refractivity contribution in [2.75, 3.05) is 14.2 Å². The first-order valence-electron chi connectivity index (χ1n) is 5.95. The van der Waals surface area contributed by atoms with Crippen LogP contribution in [0.25, 0.3) is 6.08 Å². The number of benzene rings is 1. The number of rotatable bonds is 5. The first kappa shape index (κ1) is 16.5. The lowest BCUT2D eigenvalue weighted by atomic mass is 10.1. The molecule has 114 valence electrons. The second-order valence-corrected chi connectivity index (χ2v) is 4.02. The molecule has 7 nitrogen and oxygen atoms in total. The van der Waals surface area contributed by atoms with Gasteiger partial charge < -0.3 is 24.4 Å². The summed E-state index contributed by atoms with van der Waals surface area (Å²) in [7, 11) is 2.75. The molecule has 0 spiro atoms. The second-order valence-electron chi connectivity index (χ2n) is 4.02. The molecule has 0 radical (unpaired) electrons. The van der Waals surface area contributed by atoms with Crippen molar-refractivity contribution in [3.8, 4) is 17.2 Å². The third kappa shape index (κ3) is 4.50. The molecule has 0 heterocycles. The van der Waals surface area contributed by atoms with Gasteiger partial charge >= 0.3 is 11.9 Å². The van der Waals surface area contributed by atoms with Gasteiger partial charge in [0.25, 0.3) is 0 Å². The highest BCUT2D eigenvalue weighted by molar-refractivity contribution is 5.95. The smallest absolute Gasteiger partial charge is 0.342 e. The van der Waals surface area contributed by atoms with E-state index in [2.05, 4.69) is 4.74 Å². The summed E-state index contributed by atoms with van der Waals surface area (Å²) in [4.78, 5) is 22.4. The minimum absolute atomic E-state index is 0.163. The number of hydrogen-bond acceptors (Lipinski definition) is 7. The maximum absolute atomic E-state index is 11.4. The van der Waals surface area contributed by atoms with Gasteiger partial charge in [0.05, 0.1) is 14.2 Å². The van der Waals surface area contributed by atoms with Crippen LogP contribution in [0.1, 0.15) is 12.5 Å². The van der Waals surface area contributed by atoms with E-state index in [9.17, 15) is 14.7 Å². The Kier molecular flexibility index (Phi) is 5.74. The molecule has 0 saturated heterocycles. The molecule has 0 bridgehead atoms. The van der Waals surface area contributed by atoms with Crippen LogP contribution in [0.15, 0.2) is 18.2 Å². The number of aliphatic hydroxyl groups is 1. The topological polar surface area (TPSA) is 102 Å². The molecule has 1 rings (SSSR count). The minimum atomic E-state index is -1.38. The van der Waals surface area contributed by atoms with E-state index in [4.69, 9.17) is 14.6 Å². The number of methoxy groups -OCH3 is 2. The van der Waals surface area contributed by atoms with Crippen molar-refractivity contribution < 1.29 is 34.0 Å². The van der Waals surface area contributed by atoms with E-state index >= 15 is 0 Å². The van der Waals surface area contributed by atoms with E-state index in [-0.39, 0.29) is 17.2 Å². The van der Waals surface area contributed by atoms with E-state index in [0.29, 0.717) is 5.56 Å². The quantitative estimate of drug-likeness (QED) is 0.472. The van der Waals surface area contributed by atoms with Gasteiger partial charge in [0.1, 0.15) is 6.10 Å². The molecule has 0 aliphatic rings. The number of aliphatic hydroxyl groups excluding tert-OH is 1. The predicted octanol–water partition coefficient (Wildman–Crippen LogP) is 0.873. The lowest BCUT2D eigenvalue weighted by Gasteiger charge is -2.09. The number of phenolic OH excluding ortho intramolecular Hbond substituents is 1. The second kappa shape index (κ2) is 7.30. The zero-order chi connectivity index (χ0) is 16.0. The number of carbonyl (C=O) groups excluding carboxylic acids is 2. The molecule has 7 heteroatoms. The highest BCUT2D eigenvalue weighted by atomic mass is 16.6. The predicted molar refractivity (Wildman–Crippen MR) is 73.0 cm³/mol. The fourth-order valence-electron chi connectivity index (χ4n) is 1.39. The Morgan fingerprint density at radius 2 is 1.71 bits per heavy atom. The number of phenols is 1. The summed E-state index contributed by atoms with van der Waals surface area (Å²) in [6, 6.07) is 2.94. The van der Waals surface area contributed by atoms with Crippen molar-refractivity contribution in [1.82, 2.24) is 0 Å². The summed E-state index contributed by atoms with van der Waals surface area (Å²) in [5.74, 6) is -1.79. The zero-order valence-corrected chi connectivity index (χ0v) is 11.8. The Morgan fingerprint density at radius 3 is 2.14 bits per heavy atom. The number of ether oxygens (including phenoxy) is 3. The summed E-state index contributed by atoms with van der Waals surface area (Å²) in [5.41, 5.74) is 0.489. The van der Waals surface area contributed by atoms with Gasteiger partial charge in [0.15, 0.2) is 11.5 Å². The monoisotopic (exact) mass is 296 g/mol. The molecule has 0 aliphatic carbocycles. The molecule has 0 saturated carbocycles. The van der Waals surface area contributed by atoms with E-state index in [1.165, 1.54) is 39.4 Å². The van der Waals surface area contributed by atoms with Crippen molar-refractivity contribution in [1.29, 1.82) is 0 Å². The molecule has 2 N–H and O–H groups in total. The summed E-state index contributed by atoms with van der Waals surface area (Å²) in [5, 5.41) is 18.6. The third-order valence-corrected chi connectivity index (χ3v) is 2.46. The van der Waals surface area contributed by atoms with Gasteiger partial charge in [0.2, 0.25) is 5.75 Å². The average Bonchev–Trinajstić information content (AvgIpc) is 2.45. The first-order valence-corrected chi connectivity index (χ1v) is 5.95. The third-order valence-electron chi connectivity index (χ3n) is 2.46. The number of aromatic hydroxyl groups is 1. The zero-order valence-electron chi connectivity index (χ0n) is 11.8. The molecule has 0 amide bonds. The fraction of sp³-hybridized carbons (Fsp3) is 0.286. The van der Waals surface area contributed by atoms with Crippen molar-refractivity contribution in [3.63, 3.8) is 0 Å². The molecule has 0 aliphatic heterocycles. The molecule has 0 fully saturated rings. The Morgan fingerprint density at radius 1 is 1.19 bits per heavy atom. The summed E-state index contributed by atoms with van der Waals surface area (Å²) in [6.07, 6.45) is 0.976. The van der Waals surface area contributed by atoms with Crippen molar-refractivity contribution in [2.24, 2.45) is 0 Å². The SMILES string of the molecule is COc1cc(/C=C/C(=O)OC(=O)C(C)O)cc(OC)c1O. The van der Waals surface area contributed by atoms with E-state index in [0.717, 1.165) is 6.08 Å². The van der Waals surface area contributed by atoms with Crippen molar-refractivity contribution in [3.05, 3.63) is 23.8 Å². The van der Waals surface area contributed by atoms with Crippen LogP contribution >= 0.6 is 0 Å². The summed E-state index contributed by atoms with van der Waals surface area (Å²) >= 11 is 0. The van der Waals surface area contributed by atoms with Crippen LogP contribution in [0.4, 0.5) is 0 Å². The molecular weight excluding hydrogens is 280 g/mol. The molecule has 1 aromatic carbocycles. The van der Waals surface area contributed by atoms with Crippen molar-refractivity contribution >= 4 is 18.0 Å². The maximum Gasteiger partial charge on any atom is 0.342 e. The largest absolute Gasteiger partial charge is 0.502 e. The average molecular weight is 296 g/mol. The summed E-state index contributed by atoms with van der Waals surface area (Å²) < 4.78 is 14.3. The van der Waals surface area contributed by atoms with Gasteiger partial charge in [-0.3, -0.25) is 0 Å². The van der Waals surface area contributed by atoms with Crippen LogP contribution in [0, 0.1) is 0 Å². The first-order chi connectivity index (χ1) is 9.88. The van der Waals surface area contributed by atoms with Crippen LogP contribution in [0.2, 0.25) is 0 Å². The van der Waals surface area contributed by atoms with E-state index in [1.54, 1.807) is 0 Å². The molecule has 1 atom stereocenters. The van der Waals surface area contributed by atoms with E-state index in [1.807, 2.05) is 0 Å². The highest BCUT2D eigenvalue weighted by Gasteiger charge is 2.14. The lowest BCUT2D eigenvalue weighted by Crippen LogP contribution is -2.21. The fourth-order valence-corrected chi connectivity index (χ4v) is 1.39. The summed E-state index contributed by atoms with van der Waals surface area (Å²) in [6.45, 7) is 1.19. The van der Waals surface area contributed by atoms with Gasteiger partial charge in [-0.05, 0) is 30.7 Å². The Bertz CT molecular complexity index is 535. The van der Waals surface area contributed by atoms with Crippen LogP contribution in [0.5, 0.6) is 17.2 Å². The van der Waals surface area contributed by atoms with Crippen LogP contribution < -0.4 is 9.47 Å². The van der Waals surface area contributed by atoms with Crippen LogP contribution in [0.3, 0.4) is 0 Å². The van der Waals surface area contributed by atoms with Gasteiger partial charge in [-0.15, -0.1) is 0 Å². The lowest BCUT2D eigenvalue weighted by molar-refractivity contribution is -0.162. The molecule has 0 aromatic heterocycles. The Labute approximate surface area is 121 Å². The van der Waals surface area contributed by atoms with Crippen molar-refractivity contribution in [2.45, 2.75) is 13.0 Å². The maximum atomic E-state index is 11.4. The Balaban J connectivity index is 2.90. The molecule has 21 heavy (non-hydrogen) atoms. The number of hydrogen-bond donors (Lipinski definition) is 2. The van der Waals surface area contributed by atoms with Gasteiger partial charge in [-0.1, -0.05) is 0 Å². The number of esters is 2.